The van der Waals surface area contributed by atoms with Crippen molar-refractivity contribution in [1.82, 2.24) is 14.5 Å². The van der Waals surface area contributed by atoms with Gasteiger partial charge in [0.1, 0.15) is 16.7 Å². The van der Waals surface area contributed by atoms with Crippen LogP contribution in [0, 0.1) is 23.7 Å². The molecule has 1 aromatic rings. The zero-order valence-corrected chi connectivity index (χ0v) is 20.7. The summed E-state index contributed by atoms with van der Waals surface area (Å²) in [5.74, 6) is 6.73. The van der Waals surface area contributed by atoms with Gasteiger partial charge in [-0.05, 0) is 44.4 Å². The van der Waals surface area contributed by atoms with E-state index in [1.165, 1.54) is 10.4 Å². The van der Waals surface area contributed by atoms with Crippen molar-refractivity contribution in [3.05, 3.63) is 23.8 Å². The number of hydrogen-bond acceptors (Lipinski definition) is 5. The maximum Gasteiger partial charge on any atom is 0.317 e. The largest absolute Gasteiger partial charge is 0.487 e. The summed E-state index contributed by atoms with van der Waals surface area (Å²) in [4.78, 5) is 14.0. The number of carbonyl (C=O) groups is 1. The quantitative estimate of drug-likeness (QED) is 0.613. The van der Waals surface area contributed by atoms with Gasteiger partial charge in [-0.25, -0.2) is 13.2 Å². The fourth-order valence-electron chi connectivity index (χ4n) is 3.65. The average molecular weight is 478 g/mol. The molecule has 1 saturated carbocycles. The van der Waals surface area contributed by atoms with Crippen LogP contribution < -0.4 is 10.1 Å². The lowest BCUT2D eigenvalue weighted by Crippen LogP contribution is -2.51. The molecule has 0 bridgehead atoms. The third kappa shape index (κ3) is 6.19. The lowest BCUT2D eigenvalue weighted by atomic mass is 10.0. The topological polar surface area (TPSA) is 99.2 Å². The van der Waals surface area contributed by atoms with E-state index < -0.39 is 22.2 Å². The number of nitrogens with one attached hydrogen (secondary N) is 1. The number of urea groups is 1. The summed E-state index contributed by atoms with van der Waals surface area (Å²) in [5, 5.41) is 12.6. The number of sulfonamides is 1. The summed E-state index contributed by atoms with van der Waals surface area (Å²) in [6, 6.07) is 4.10. The molecule has 0 spiro atoms. The maximum atomic E-state index is 13.5. The van der Waals surface area contributed by atoms with Crippen LogP contribution in [0.3, 0.4) is 0 Å². The molecule has 9 heteroatoms. The Morgan fingerprint density at radius 1 is 1.39 bits per heavy atom. The zero-order valence-electron chi connectivity index (χ0n) is 19.9. The first-order chi connectivity index (χ1) is 15.7. The highest BCUT2D eigenvalue weighted by Gasteiger charge is 2.38. The van der Waals surface area contributed by atoms with Crippen LogP contribution in [0.1, 0.15) is 45.6 Å². The fraction of sp³-hybridized carbons (Fsp3) is 0.625. The van der Waals surface area contributed by atoms with Crippen LogP contribution in [0.25, 0.3) is 0 Å². The van der Waals surface area contributed by atoms with Crippen molar-refractivity contribution in [2.45, 2.75) is 57.1 Å². The standard InChI is InChI=1S/C24H35N3O5S/c1-5-12-25-24(29)26(4)15-22-17(2)14-27(18(3)16-28)33(30,31)23-11-10-20(13-21(23)32-22)9-8-19-6-7-19/h10-11,13,17-19,22,28H,5-7,12,14-16H2,1-4H3,(H,25,29)/t17-,18-,22-/m1/s1. The number of nitrogens with zero attached hydrogens (tertiary/aromatic N) is 2. The number of rotatable bonds is 6. The molecule has 2 N–H and O–H groups in total. The molecule has 1 fully saturated rings. The van der Waals surface area contributed by atoms with Gasteiger partial charge in [0, 0.05) is 43.6 Å². The number of ether oxygens (including phenoxy) is 1. The Morgan fingerprint density at radius 3 is 2.76 bits per heavy atom. The second kappa shape index (κ2) is 10.8. The molecule has 8 nitrogen and oxygen atoms in total. The first-order valence-electron chi connectivity index (χ1n) is 11.6. The molecule has 0 aromatic heterocycles. The molecule has 3 atom stereocenters. The Bertz CT molecular complexity index is 1010. The lowest BCUT2D eigenvalue weighted by Gasteiger charge is -2.37. The van der Waals surface area contributed by atoms with Crippen molar-refractivity contribution >= 4 is 16.1 Å². The monoisotopic (exact) mass is 477 g/mol. The Morgan fingerprint density at radius 2 is 2.12 bits per heavy atom. The second-order valence-corrected chi connectivity index (χ2v) is 10.9. The average Bonchev–Trinajstić information content (AvgIpc) is 3.62. The summed E-state index contributed by atoms with van der Waals surface area (Å²) in [5.41, 5.74) is 0.693. The normalized spacial score (nSPS) is 23.1. The number of likely N-dealkylation sites (N-methyl/N-ethyl adjacent to an activating group) is 1. The molecule has 182 valence electrons. The molecule has 0 saturated heterocycles. The van der Waals surface area contributed by atoms with Crippen molar-refractivity contribution in [3.8, 4) is 17.6 Å². The summed E-state index contributed by atoms with van der Waals surface area (Å²) in [6.07, 6.45) is 2.59. The summed E-state index contributed by atoms with van der Waals surface area (Å²) in [7, 11) is -2.20. The first-order valence-corrected chi connectivity index (χ1v) is 13.0. The summed E-state index contributed by atoms with van der Waals surface area (Å²) < 4.78 is 34.6. The van der Waals surface area contributed by atoms with Gasteiger partial charge in [0.05, 0.1) is 13.2 Å². The van der Waals surface area contributed by atoms with E-state index >= 15 is 0 Å². The van der Waals surface area contributed by atoms with E-state index in [9.17, 15) is 18.3 Å². The lowest BCUT2D eigenvalue weighted by molar-refractivity contribution is 0.0812. The third-order valence-electron chi connectivity index (χ3n) is 5.99. The van der Waals surface area contributed by atoms with E-state index in [1.807, 2.05) is 13.8 Å². The predicted molar refractivity (Wildman–Crippen MR) is 126 cm³/mol. The molecule has 1 aromatic carbocycles. The molecule has 2 amide bonds. The van der Waals surface area contributed by atoms with Crippen molar-refractivity contribution in [2.24, 2.45) is 11.8 Å². The van der Waals surface area contributed by atoms with Crippen LogP contribution in [0.5, 0.6) is 5.75 Å². The number of fused-ring (bicyclic) bond motifs is 1. The molecule has 1 heterocycles. The van der Waals surface area contributed by atoms with Crippen molar-refractivity contribution in [3.63, 3.8) is 0 Å². The molecule has 3 rings (SSSR count). The van der Waals surface area contributed by atoms with E-state index in [2.05, 4.69) is 17.2 Å². The van der Waals surface area contributed by atoms with Crippen molar-refractivity contribution in [1.29, 1.82) is 0 Å². The Balaban J connectivity index is 1.97. The van der Waals surface area contributed by atoms with E-state index in [-0.39, 0.29) is 42.3 Å². The maximum absolute atomic E-state index is 13.5. The molecule has 1 aliphatic carbocycles. The highest BCUT2D eigenvalue weighted by molar-refractivity contribution is 7.89. The molecule has 2 aliphatic rings. The molecular weight excluding hydrogens is 442 g/mol. The van der Waals surface area contributed by atoms with E-state index in [4.69, 9.17) is 4.74 Å². The van der Waals surface area contributed by atoms with Crippen LogP contribution in [-0.2, 0) is 10.0 Å². The van der Waals surface area contributed by atoms with Gasteiger partial charge in [-0.15, -0.1) is 0 Å². The van der Waals surface area contributed by atoms with Crippen molar-refractivity contribution < 1.29 is 23.1 Å². The Labute approximate surface area is 197 Å². The molecule has 33 heavy (non-hydrogen) atoms. The molecular formula is C24H35N3O5S. The van der Waals surface area contributed by atoms with Crippen LogP contribution in [0.2, 0.25) is 0 Å². The SMILES string of the molecule is CCCNC(=O)N(C)C[C@H]1Oc2cc(C#CC3CC3)ccc2S(=O)(=O)N([C@H](C)CO)C[C@H]1C. The van der Waals surface area contributed by atoms with Gasteiger partial charge in [0.25, 0.3) is 0 Å². The molecule has 0 unspecified atom stereocenters. The zero-order chi connectivity index (χ0) is 24.2. The number of hydrogen-bond donors (Lipinski definition) is 2. The van der Waals surface area contributed by atoms with E-state index in [0.29, 0.717) is 18.0 Å². The van der Waals surface area contributed by atoms with E-state index in [0.717, 1.165) is 19.3 Å². The number of aliphatic hydroxyl groups excluding tert-OH is 1. The van der Waals surface area contributed by atoms with Gasteiger partial charge in [-0.1, -0.05) is 25.7 Å². The highest BCUT2D eigenvalue weighted by Crippen LogP contribution is 2.34. The minimum Gasteiger partial charge on any atom is -0.487 e. The van der Waals surface area contributed by atoms with E-state index in [1.54, 1.807) is 31.0 Å². The van der Waals surface area contributed by atoms with Crippen molar-refractivity contribution in [2.75, 3.05) is 33.3 Å². The molecule has 0 radical (unpaired) electrons. The number of aliphatic hydroxyl groups is 1. The first kappa shape index (κ1) is 25.3. The van der Waals surface area contributed by atoms with Gasteiger partial charge >= 0.3 is 6.03 Å². The van der Waals surface area contributed by atoms with Gasteiger partial charge in [0.2, 0.25) is 10.0 Å². The number of carbonyl (C=O) groups excluding carboxylic acids is 1. The van der Waals surface area contributed by atoms with Crippen LogP contribution >= 0.6 is 0 Å². The Hall–Kier alpha value is -2.28. The smallest absolute Gasteiger partial charge is 0.317 e. The molecule has 1 aliphatic heterocycles. The minimum atomic E-state index is -3.90. The Kier molecular flexibility index (Phi) is 8.27. The number of benzene rings is 1. The van der Waals surface area contributed by atoms with Crippen LogP contribution in [0.4, 0.5) is 4.79 Å². The minimum absolute atomic E-state index is 0.0507. The predicted octanol–water partition coefficient (Wildman–Crippen LogP) is 2.27. The highest BCUT2D eigenvalue weighted by atomic mass is 32.2. The summed E-state index contributed by atoms with van der Waals surface area (Å²) >= 11 is 0. The number of amides is 2. The van der Waals surface area contributed by atoms with Gasteiger partial charge in [-0.3, -0.25) is 0 Å². The van der Waals surface area contributed by atoms with Gasteiger partial charge < -0.3 is 20.1 Å². The van der Waals surface area contributed by atoms with Gasteiger partial charge in [0.15, 0.2) is 0 Å². The fourth-order valence-corrected chi connectivity index (χ4v) is 5.48. The van der Waals surface area contributed by atoms with Crippen LogP contribution in [0.15, 0.2) is 23.1 Å². The summed E-state index contributed by atoms with van der Waals surface area (Å²) in [6.45, 7) is 6.31. The van der Waals surface area contributed by atoms with Gasteiger partial charge in [-0.2, -0.15) is 4.31 Å². The second-order valence-electron chi connectivity index (χ2n) is 9.06. The van der Waals surface area contributed by atoms with Crippen LogP contribution in [-0.4, -0.2) is 74.2 Å². The third-order valence-corrected chi connectivity index (χ3v) is 8.01.